The van der Waals surface area contributed by atoms with E-state index in [1.54, 1.807) is 12.1 Å². The Kier molecular flexibility index (Phi) is 5.18. The van der Waals surface area contributed by atoms with Crippen LogP contribution in [0.3, 0.4) is 0 Å². The summed E-state index contributed by atoms with van der Waals surface area (Å²) in [5, 5.41) is 3.51. The monoisotopic (exact) mass is 249 g/mol. The standard InChI is InChI=1S/C16H24FN/c1-13-12-16(17)7-6-15(13)9-11-18-10-8-14-4-2-3-5-14/h6-7,12,14,18H,2-5,8-11H2,1H3. The molecule has 1 nitrogen and oxygen atoms in total. The molecule has 1 aliphatic carbocycles. The molecule has 0 spiro atoms. The van der Waals surface area contributed by atoms with E-state index in [2.05, 4.69) is 5.32 Å². The van der Waals surface area contributed by atoms with Gasteiger partial charge in [0, 0.05) is 0 Å². The lowest BCUT2D eigenvalue weighted by Crippen LogP contribution is -2.20. The van der Waals surface area contributed by atoms with Gasteiger partial charge in [0.05, 0.1) is 0 Å². The molecule has 100 valence electrons. The lowest BCUT2D eigenvalue weighted by molar-refractivity contribution is 0.478. The van der Waals surface area contributed by atoms with Crippen molar-refractivity contribution in [1.29, 1.82) is 0 Å². The van der Waals surface area contributed by atoms with Gasteiger partial charge in [-0.3, -0.25) is 0 Å². The van der Waals surface area contributed by atoms with Gasteiger partial charge in [0.2, 0.25) is 0 Å². The fraction of sp³-hybridized carbons (Fsp3) is 0.625. The topological polar surface area (TPSA) is 12.0 Å². The third-order valence-corrected chi connectivity index (χ3v) is 4.08. The van der Waals surface area contributed by atoms with E-state index in [0.29, 0.717) is 0 Å². The van der Waals surface area contributed by atoms with Gasteiger partial charge in [0.25, 0.3) is 0 Å². The molecule has 0 heterocycles. The molecule has 1 fully saturated rings. The summed E-state index contributed by atoms with van der Waals surface area (Å²) in [5.74, 6) is 0.829. The van der Waals surface area contributed by atoms with Crippen LogP contribution in [0.1, 0.15) is 43.2 Å². The lowest BCUT2D eigenvalue weighted by Gasteiger charge is -2.10. The van der Waals surface area contributed by atoms with E-state index in [1.807, 2.05) is 13.0 Å². The molecule has 0 aromatic heterocycles. The highest BCUT2D eigenvalue weighted by atomic mass is 19.1. The zero-order valence-electron chi connectivity index (χ0n) is 11.3. The number of hydrogen-bond donors (Lipinski definition) is 1. The fourth-order valence-corrected chi connectivity index (χ4v) is 2.89. The fourth-order valence-electron chi connectivity index (χ4n) is 2.89. The van der Waals surface area contributed by atoms with E-state index >= 15 is 0 Å². The predicted octanol–water partition coefficient (Wildman–Crippen LogP) is 3.85. The summed E-state index contributed by atoms with van der Waals surface area (Å²) in [5.41, 5.74) is 2.32. The van der Waals surface area contributed by atoms with Gasteiger partial charge in [0.15, 0.2) is 0 Å². The first-order valence-electron chi connectivity index (χ1n) is 7.21. The van der Waals surface area contributed by atoms with Crippen LogP contribution in [-0.2, 0) is 6.42 Å². The van der Waals surface area contributed by atoms with Crippen LogP contribution < -0.4 is 5.32 Å². The SMILES string of the molecule is Cc1cc(F)ccc1CCNCCC1CCCC1. The number of benzene rings is 1. The maximum absolute atomic E-state index is 12.9. The molecule has 1 aromatic carbocycles. The molecule has 0 aliphatic heterocycles. The molecule has 1 aromatic rings. The van der Waals surface area contributed by atoms with E-state index in [0.717, 1.165) is 31.0 Å². The Labute approximate surface area is 110 Å². The minimum atomic E-state index is -0.134. The molecule has 0 amide bonds. The van der Waals surface area contributed by atoms with E-state index in [1.165, 1.54) is 37.7 Å². The summed E-state index contributed by atoms with van der Waals surface area (Å²) in [6.45, 7) is 4.11. The van der Waals surface area contributed by atoms with Crippen LogP contribution in [0.4, 0.5) is 4.39 Å². The van der Waals surface area contributed by atoms with E-state index in [-0.39, 0.29) is 5.82 Å². The van der Waals surface area contributed by atoms with Gasteiger partial charge < -0.3 is 5.32 Å². The number of hydrogen-bond acceptors (Lipinski definition) is 1. The molecule has 1 saturated carbocycles. The van der Waals surface area contributed by atoms with Gasteiger partial charge >= 0.3 is 0 Å². The zero-order valence-corrected chi connectivity index (χ0v) is 11.3. The van der Waals surface area contributed by atoms with Crippen molar-refractivity contribution in [2.24, 2.45) is 5.92 Å². The summed E-state index contributed by atoms with van der Waals surface area (Å²) in [6.07, 6.45) is 8.04. The Morgan fingerprint density at radius 3 is 2.72 bits per heavy atom. The Bertz CT molecular complexity index is 369. The Hall–Kier alpha value is -0.890. The molecule has 1 N–H and O–H groups in total. The third kappa shape index (κ3) is 4.09. The maximum Gasteiger partial charge on any atom is 0.123 e. The Balaban J connectivity index is 1.62. The molecule has 18 heavy (non-hydrogen) atoms. The molecule has 0 radical (unpaired) electrons. The van der Waals surface area contributed by atoms with Gasteiger partial charge in [-0.25, -0.2) is 4.39 Å². The van der Waals surface area contributed by atoms with Crippen molar-refractivity contribution < 1.29 is 4.39 Å². The average Bonchev–Trinajstić information content (AvgIpc) is 2.84. The Morgan fingerprint density at radius 2 is 2.00 bits per heavy atom. The van der Waals surface area contributed by atoms with Crippen molar-refractivity contribution in [2.75, 3.05) is 13.1 Å². The van der Waals surface area contributed by atoms with Crippen LogP contribution in [0.15, 0.2) is 18.2 Å². The zero-order chi connectivity index (χ0) is 12.8. The van der Waals surface area contributed by atoms with Crippen molar-refractivity contribution >= 4 is 0 Å². The normalized spacial score (nSPS) is 16.3. The van der Waals surface area contributed by atoms with Crippen LogP contribution in [0.25, 0.3) is 0 Å². The quantitative estimate of drug-likeness (QED) is 0.755. The first-order valence-corrected chi connectivity index (χ1v) is 7.21. The van der Waals surface area contributed by atoms with Gasteiger partial charge in [-0.05, 0) is 62.0 Å². The average molecular weight is 249 g/mol. The van der Waals surface area contributed by atoms with Crippen LogP contribution in [-0.4, -0.2) is 13.1 Å². The summed E-state index contributed by atoms with van der Waals surface area (Å²) >= 11 is 0. The molecule has 0 bridgehead atoms. The first-order chi connectivity index (χ1) is 8.75. The van der Waals surface area contributed by atoms with E-state index in [9.17, 15) is 4.39 Å². The van der Waals surface area contributed by atoms with E-state index < -0.39 is 0 Å². The smallest absolute Gasteiger partial charge is 0.123 e. The number of halogens is 1. The molecule has 2 rings (SSSR count). The molecule has 0 atom stereocenters. The second-order valence-electron chi connectivity index (χ2n) is 5.51. The number of rotatable bonds is 6. The largest absolute Gasteiger partial charge is 0.316 e. The summed E-state index contributed by atoms with van der Waals surface area (Å²) in [4.78, 5) is 0. The molecule has 0 saturated heterocycles. The van der Waals surface area contributed by atoms with Crippen molar-refractivity contribution in [3.8, 4) is 0 Å². The summed E-state index contributed by atoms with van der Waals surface area (Å²) in [6, 6.07) is 5.08. The van der Waals surface area contributed by atoms with Crippen molar-refractivity contribution in [3.63, 3.8) is 0 Å². The van der Waals surface area contributed by atoms with Crippen molar-refractivity contribution in [3.05, 3.63) is 35.1 Å². The van der Waals surface area contributed by atoms with Crippen LogP contribution in [0, 0.1) is 18.7 Å². The third-order valence-electron chi connectivity index (χ3n) is 4.08. The maximum atomic E-state index is 12.9. The summed E-state index contributed by atoms with van der Waals surface area (Å²) in [7, 11) is 0. The minimum absolute atomic E-state index is 0.134. The number of aryl methyl sites for hydroxylation is 1. The second kappa shape index (κ2) is 6.89. The van der Waals surface area contributed by atoms with Crippen LogP contribution in [0.2, 0.25) is 0 Å². The molecule has 1 aliphatic rings. The van der Waals surface area contributed by atoms with Gasteiger partial charge in [0.1, 0.15) is 5.82 Å². The van der Waals surface area contributed by atoms with Crippen molar-refractivity contribution in [2.45, 2.75) is 45.4 Å². The Morgan fingerprint density at radius 1 is 1.22 bits per heavy atom. The lowest BCUT2D eigenvalue weighted by atomic mass is 10.0. The highest BCUT2D eigenvalue weighted by Crippen LogP contribution is 2.26. The highest BCUT2D eigenvalue weighted by Gasteiger charge is 2.13. The molecular formula is C16H24FN. The van der Waals surface area contributed by atoms with E-state index in [4.69, 9.17) is 0 Å². The molecular weight excluding hydrogens is 225 g/mol. The predicted molar refractivity (Wildman–Crippen MR) is 74.3 cm³/mol. The number of nitrogens with one attached hydrogen (secondary N) is 1. The molecule has 0 unspecified atom stereocenters. The van der Waals surface area contributed by atoms with Crippen LogP contribution in [0.5, 0.6) is 0 Å². The summed E-state index contributed by atoms with van der Waals surface area (Å²) < 4.78 is 12.9. The minimum Gasteiger partial charge on any atom is -0.316 e. The van der Waals surface area contributed by atoms with Gasteiger partial charge in [-0.15, -0.1) is 0 Å². The van der Waals surface area contributed by atoms with Crippen molar-refractivity contribution in [1.82, 2.24) is 5.32 Å². The van der Waals surface area contributed by atoms with Gasteiger partial charge in [-0.2, -0.15) is 0 Å². The molecule has 2 heteroatoms. The van der Waals surface area contributed by atoms with Crippen LogP contribution >= 0.6 is 0 Å². The second-order valence-corrected chi connectivity index (χ2v) is 5.51. The highest BCUT2D eigenvalue weighted by molar-refractivity contribution is 5.26. The first kappa shape index (κ1) is 13.5. The van der Waals surface area contributed by atoms with Gasteiger partial charge in [-0.1, -0.05) is 31.7 Å².